The summed E-state index contributed by atoms with van der Waals surface area (Å²) in [6.07, 6.45) is 7.94. The van der Waals surface area contributed by atoms with E-state index in [1.54, 1.807) is 0 Å². The van der Waals surface area contributed by atoms with Gasteiger partial charge in [-0.1, -0.05) is 32.1 Å². The lowest BCUT2D eigenvalue weighted by Crippen LogP contribution is -2.50. The van der Waals surface area contributed by atoms with Gasteiger partial charge in [-0.25, -0.2) is 8.42 Å². The molecule has 7 heteroatoms. The normalized spacial score (nSPS) is 17.3. The zero-order valence-electron chi connectivity index (χ0n) is 13.3. The van der Waals surface area contributed by atoms with Crippen LogP contribution in [0.1, 0.15) is 64.2 Å². The molecule has 0 unspecified atom stereocenters. The van der Waals surface area contributed by atoms with Crippen molar-refractivity contribution in [2.24, 2.45) is 0 Å². The molecule has 0 radical (unpaired) electrons. The predicted molar refractivity (Wildman–Crippen MR) is 84.4 cm³/mol. The summed E-state index contributed by atoms with van der Waals surface area (Å²) < 4.78 is 22.7. The van der Waals surface area contributed by atoms with E-state index < -0.39 is 20.6 Å². The molecule has 0 aromatic carbocycles. The topological polar surface area (TPSA) is 101 Å². The van der Waals surface area contributed by atoms with Crippen LogP contribution in [0.2, 0.25) is 0 Å². The Morgan fingerprint density at radius 3 is 2.14 bits per heavy atom. The molecule has 0 heterocycles. The van der Waals surface area contributed by atoms with Gasteiger partial charge in [0.1, 0.15) is 4.75 Å². The molecule has 128 valence electrons. The summed E-state index contributed by atoms with van der Waals surface area (Å²) in [7, 11) is -3.39. The van der Waals surface area contributed by atoms with Gasteiger partial charge in [-0.15, -0.1) is 0 Å². The number of aliphatic carboxylic acids is 1. The van der Waals surface area contributed by atoms with Crippen LogP contribution in [0, 0.1) is 0 Å². The quantitative estimate of drug-likeness (QED) is 0.595. The van der Waals surface area contributed by atoms with Crippen molar-refractivity contribution in [2.75, 3.05) is 12.8 Å². The highest BCUT2D eigenvalue weighted by molar-refractivity contribution is 7.92. The summed E-state index contributed by atoms with van der Waals surface area (Å²) in [5.41, 5.74) is 0. The second kappa shape index (κ2) is 8.50. The van der Waals surface area contributed by atoms with E-state index in [9.17, 15) is 18.0 Å². The minimum Gasteiger partial charge on any atom is -0.481 e. The number of hydrogen-bond acceptors (Lipinski definition) is 4. The highest BCUT2D eigenvalue weighted by Gasteiger charge is 2.49. The first-order valence-corrected chi connectivity index (χ1v) is 9.88. The third-order valence-corrected chi connectivity index (χ3v) is 6.40. The van der Waals surface area contributed by atoms with Crippen LogP contribution in [-0.4, -0.2) is 42.9 Å². The number of rotatable bonds is 10. The first-order chi connectivity index (χ1) is 10.3. The molecule has 1 amide bonds. The maximum Gasteiger partial charge on any atom is 0.303 e. The van der Waals surface area contributed by atoms with E-state index in [1.165, 1.54) is 0 Å². The number of sulfone groups is 1. The van der Waals surface area contributed by atoms with E-state index >= 15 is 0 Å². The van der Waals surface area contributed by atoms with Crippen LogP contribution in [0.5, 0.6) is 0 Å². The fourth-order valence-corrected chi connectivity index (χ4v) is 4.45. The minimum absolute atomic E-state index is 0.202. The molecular weight excluding hydrogens is 306 g/mol. The fourth-order valence-electron chi connectivity index (χ4n) is 3.01. The van der Waals surface area contributed by atoms with Crippen molar-refractivity contribution in [3.05, 3.63) is 0 Å². The smallest absolute Gasteiger partial charge is 0.303 e. The van der Waals surface area contributed by atoms with Gasteiger partial charge < -0.3 is 10.4 Å². The molecule has 22 heavy (non-hydrogen) atoms. The van der Waals surface area contributed by atoms with E-state index in [0.29, 0.717) is 25.8 Å². The van der Waals surface area contributed by atoms with Gasteiger partial charge in [0.05, 0.1) is 0 Å². The van der Waals surface area contributed by atoms with Crippen molar-refractivity contribution in [3.63, 3.8) is 0 Å². The zero-order chi connectivity index (χ0) is 16.6. The lowest BCUT2D eigenvalue weighted by molar-refractivity contribution is -0.137. The van der Waals surface area contributed by atoms with E-state index in [2.05, 4.69) is 5.32 Å². The second-order valence-electron chi connectivity index (χ2n) is 6.14. The van der Waals surface area contributed by atoms with E-state index in [-0.39, 0.29) is 12.3 Å². The van der Waals surface area contributed by atoms with Gasteiger partial charge in [0, 0.05) is 19.2 Å². The van der Waals surface area contributed by atoms with Crippen LogP contribution in [-0.2, 0) is 19.4 Å². The Bertz CT molecular complexity index is 480. The Labute approximate surface area is 132 Å². The summed E-state index contributed by atoms with van der Waals surface area (Å²) in [4.78, 5) is 22.6. The molecule has 0 saturated heterocycles. The first-order valence-electron chi connectivity index (χ1n) is 7.99. The standard InChI is InChI=1S/C15H27NO5S/c1-22(20,21)15(10-6-7-11-15)14(19)16-12-8-4-2-3-5-9-13(17)18/h2-12H2,1H3,(H,16,19)(H,17,18). The molecule has 0 bridgehead atoms. The van der Waals surface area contributed by atoms with Crippen LogP contribution < -0.4 is 5.32 Å². The Kier molecular flexibility index (Phi) is 7.32. The number of carbonyl (C=O) groups excluding carboxylic acids is 1. The molecule has 1 fully saturated rings. The van der Waals surface area contributed by atoms with Crippen molar-refractivity contribution in [1.82, 2.24) is 5.32 Å². The first kappa shape index (κ1) is 18.9. The maximum atomic E-state index is 12.3. The molecule has 0 aromatic rings. The molecule has 1 rings (SSSR count). The molecule has 1 aliphatic rings. The molecule has 1 saturated carbocycles. The van der Waals surface area contributed by atoms with Crippen molar-refractivity contribution in [3.8, 4) is 0 Å². The average Bonchev–Trinajstić information content (AvgIpc) is 2.91. The summed E-state index contributed by atoms with van der Waals surface area (Å²) in [5, 5.41) is 11.3. The van der Waals surface area contributed by atoms with Gasteiger partial charge in [-0.2, -0.15) is 0 Å². The lowest BCUT2D eigenvalue weighted by Gasteiger charge is -2.25. The van der Waals surface area contributed by atoms with Crippen LogP contribution in [0.15, 0.2) is 0 Å². The number of hydrogen-bond donors (Lipinski definition) is 2. The molecule has 0 atom stereocenters. The number of carboxylic acid groups (broad SMARTS) is 1. The third-order valence-electron chi connectivity index (χ3n) is 4.39. The van der Waals surface area contributed by atoms with Crippen LogP contribution in [0.25, 0.3) is 0 Å². The number of amides is 1. The molecule has 1 aliphatic carbocycles. The van der Waals surface area contributed by atoms with Crippen molar-refractivity contribution in [1.29, 1.82) is 0 Å². The van der Waals surface area contributed by atoms with Gasteiger partial charge in [0.15, 0.2) is 9.84 Å². The Morgan fingerprint density at radius 2 is 1.59 bits per heavy atom. The largest absolute Gasteiger partial charge is 0.481 e. The van der Waals surface area contributed by atoms with Crippen molar-refractivity contribution < 1.29 is 23.1 Å². The van der Waals surface area contributed by atoms with Gasteiger partial charge in [-0.3, -0.25) is 9.59 Å². The van der Waals surface area contributed by atoms with Gasteiger partial charge in [0.2, 0.25) is 5.91 Å². The number of carboxylic acids is 1. The van der Waals surface area contributed by atoms with E-state index in [1.807, 2.05) is 0 Å². The molecular formula is C15H27NO5S. The molecule has 0 aromatic heterocycles. The van der Waals surface area contributed by atoms with Crippen molar-refractivity contribution >= 4 is 21.7 Å². The second-order valence-corrected chi connectivity index (χ2v) is 8.47. The Balaban J connectivity index is 2.24. The monoisotopic (exact) mass is 333 g/mol. The molecule has 0 spiro atoms. The third kappa shape index (κ3) is 5.26. The van der Waals surface area contributed by atoms with Gasteiger partial charge in [-0.05, 0) is 25.7 Å². The summed E-state index contributed by atoms with van der Waals surface area (Å²) in [6.45, 7) is 0.481. The van der Waals surface area contributed by atoms with Gasteiger partial charge in [0.25, 0.3) is 0 Å². The molecule has 0 aliphatic heterocycles. The van der Waals surface area contributed by atoms with Crippen LogP contribution in [0.4, 0.5) is 0 Å². The fraction of sp³-hybridized carbons (Fsp3) is 0.867. The average molecular weight is 333 g/mol. The van der Waals surface area contributed by atoms with Gasteiger partial charge >= 0.3 is 5.97 Å². The molecule has 2 N–H and O–H groups in total. The van der Waals surface area contributed by atoms with Crippen molar-refractivity contribution in [2.45, 2.75) is 69.0 Å². The number of nitrogens with one attached hydrogen (secondary N) is 1. The SMILES string of the molecule is CS(=O)(=O)C1(C(=O)NCCCCCCCC(=O)O)CCCC1. The van der Waals surface area contributed by atoms with Crippen LogP contribution in [0.3, 0.4) is 0 Å². The highest BCUT2D eigenvalue weighted by Crippen LogP contribution is 2.36. The zero-order valence-corrected chi connectivity index (χ0v) is 14.1. The predicted octanol–water partition coefficient (Wildman–Crippen LogP) is 1.89. The van der Waals surface area contributed by atoms with Crippen LogP contribution >= 0.6 is 0 Å². The van der Waals surface area contributed by atoms with E-state index in [0.717, 1.165) is 44.8 Å². The Hall–Kier alpha value is -1.11. The number of unbranched alkanes of at least 4 members (excludes halogenated alkanes) is 4. The Morgan fingerprint density at radius 1 is 1.05 bits per heavy atom. The minimum atomic E-state index is -3.39. The molecule has 6 nitrogen and oxygen atoms in total. The van der Waals surface area contributed by atoms with E-state index in [4.69, 9.17) is 5.11 Å². The summed E-state index contributed by atoms with van der Waals surface area (Å²) in [5.74, 6) is -1.12. The summed E-state index contributed by atoms with van der Waals surface area (Å²) >= 11 is 0. The maximum absolute atomic E-state index is 12.3. The lowest BCUT2D eigenvalue weighted by atomic mass is 10.1. The highest BCUT2D eigenvalue weighted by atomic mass is 32.2. The number of carbonyl (C=O) groups is 2. The summed E-state index contributed by atoms with van der Waals surface area (Å²) in [6, 6.07) is 0.